The first-order valence-electron chi connectivity index (χ1n) is 5.62. The summed E-state index contributed by atoms with van der Waals surface area (Å²) in [5, 5.41) is 11.2. The lowest BCUT2D eigenvalue weighted by atomic mass is 10.0. The molecule has 2 atom stereocenters. The van der Waals surface area contributed by atoms with Crippen LogP contribution < -0.4 is 5.32 Å². The molecule has 0 rings (SSSR count). The van der Waals surface area contributed by atoms with Crippen LogP contribution in [0.3, 0.4) is 0 Å². The quantitative estimate of drug-likeness (QED) is 0.825. The summed E-state index contributed by atoms with van der Waals surface area (Å²) in [7, 11) is 0. The van der Waals surface area contributed by atoms with Gasteiger partial charge in [-0.2, -0.15) is 13.2 Å². The summed E-state index contributed by atoms with van der Waals surface area (Å²) >= 11 is 0. The van der Waals surface area contributed by atoms with Crippen molar-refractivity contribution in [1.29, 1.82) is 0 Å². The number of aliphatic hydroxyl groups excluding tert-OH is 1. The largest absolute Gasteiger partial charge is 0.444 e. The Morgan fingerprint density at radius 2 is 1.83 bits per heavy atom. The minimum absolute atomic E-state index is 0.390. The third-order valence-corrected chi connectivity index (χ3v) is 2.14. The first kappa shape index (κ1) is 17.0. The van der Waals surface area contributed by atoms with Crippen molar-refractivity contribution in [3.63, 3.8) is 0 Å². The maximum absolute atomic E-state index is 12.3. The number of hydrogen-bond donors (Lipinski definition) is 2. The molecule has 0 unspecified atom stereocenters. The van der Waals surface area contributed by atoms with Crippen LogP contribution in [0.5, 0.6) is 0 Å². The van der Waals surface area contributed by atoms with Gasteiger partial charge in [0.1, 0.15) is 5.60 Å². The molecule has 0 fully saturated rings. The SMILES string of the molecule is C[C@H](C[C@@H](CO)NC(=O)OC(C)(C)C)C(F)(F)F. The molecule has 4 nitrogen and oxygen atoms in total. The highest BCUT2D eigenvalue weighted by molar-refractivity contribution is 5.68. The monoisotopic (exact) mass is 271 g/mol. The van der Waals surface area contributed by atoms with Crippen LogP contribution in [0, 0.1) is 5.92 Å². The van der Waals surface area contributed by atoms with Crippen molar-refractivity contribution in [2.45, 2.75) is 51.9 Å². The van der Waals surface area contributed by atoms with Gasteiger partial charge >= 0.3 is 12.3 Å². The molecular weight excluding hydrogens is 251 g/mol. The molecule has 0 spiro atoms. The van der Waals surface area contributed by atoms with Gasteiger partial charge < -0.3 is 15.2 Å². The first-order chi connectivity index (χ1) is 7.95. The lowest BCUT2D eigenvalue weighted by Crippen LogP contribution is -2.43. The molecule has 0 aromatic rings. The maximum atomic E-state index is 12.3. The van der Waals surface area contributed by atoms with Crippen molar-refractivity contribution in [3.05, 3.63) is 0 Å². The van der Waals surface area contributed by atoms with E-state index in [1.165, 1.54) is 0 Å². The van der Waals surface area contributed by atoms with Gasteiger partial charge in [0.15, 0.2) is 0 Å². The molecule has 0 saturated heterocycles. The minimum Gasteiger partial charge on any atom is -0.444 e. The number of ether oxygens (including phenoxy) is 1. The Morgan fingerprint density at radius 3 is 2.17 bits per heavy atom. The molecule has 7 heteroatoms. The van der Waals surface area contributed by atoms with Gasteiger partial charge in [-0.25, -0.2) is 4.79 Å². The predicted molar refractivity (Wildman–Crippen MR) is 60.1 cm³/mol. The lowest BCUT2D eigenvalue weighted by molar-refractivity contribution is -0.173. The lowest BCUT2D eigenvalue weighted by Gasteiger charge is -2.25. The zero-order valence-electron chi connectivity index (χ0n) is 11.0. The van der Waals surface area contributed by atoms with E-state index in [9.17, 15) is 18.0 Å². The fourth-order valence-electron chi connectivity index (χ4n) is 1.21. The van der Waals surface area contributed by atoms with Crippen molar-refractivity contribution >= 4 is 6.09 Å². The first-order valence-corrected chi connectivity index (χ1v) is 5.62. The van der Waals surface area contributed by atoms with Gasteiger partial charge in [-0.05, 0) is 27.2 Å². The number of hydrogen-bond acceptors (Lipinski definition) is 3. The second-order valence-electron chi connectivity index (χ2n) is 5.20. The zero-order valence-corrected chi connectivity index (χ0v) is 11.0. The minimum atomic E-state index is -4.34. The van der Waals surface area contributed by atoms with E-state index in [0.29, 0.717) is 0 Å². The highest BCUT2D eigenvalue weighted by Crippen LogP contribution is 2.29. The second kappa shape index (κ2) is 6.26. The van der Waals surface area contributed by atoms with Crippen LogP contribution in [0.1, 0.15) is 34.1 Å². The number of alkyl carbamates (subject to hydrolysis) is 1. The topological polar surface area (TPSA) is 58.6 Å². The van der Waals surface area contributed by atoms with Crippen LogP contribution in [0.15, 0.2) is 0 Å². The van der Waals surface area contributed by atoms with E-state index in [2.05, 4.69) is 5.32 Å². The third-order valence-electron chi connectivity index (χ3n) is 2.14. The Bertz CT molecular complexity index is 274. The van der Waals surface area contributed by atoms with Gasteiger partial charge in [-0.3, -0.25) is 0 Å². The van der Waals surface area contributed by atoms with E-state index in [4.69, 9.17) is 9.84 Å². The number of carbonyl (C=O) groups is 1. The molecule has 108 valence electrons. The average molecular weight is 271 g/mol. The number of aliphatic hydroxyl groups is 1. The van der Waals surface area contributed by atoms with Crippen LogP contribution >= 0.6 is 0 Å². The Labute approximate surface area is 105 Å². The zero-order chi connectivity index (χ0) is 14.6. The van der Waals surface area contributed by atoms with E-state index >= 15 is 0 Å². The molecule has 0 radical (unpaired) electrons. The summed E-state index contributed by atoms with van der Waals surface area (Å²) in [6, 6.07) is -0.975. The standard InChI is InChI=1S/C11H20F3NO3/c1-7(11(12,13)14)5-8(6-16)15-9(17)18-10(2,3)4/h7-8,16H,5-6H2,1-4H3,(H,15,17)/t7-,8+/m1/s1. The summed E-state index contributed by atoms with van der Waals surface area (Å²) in [5.74, 6) is -1.61. The van der Waals surface area contributed by atoms with E-state index in [1.54, 1.807) is 20.8 Å². The molecule has 0 aliphatic rings. The molecule has 0 aliphatic heterocycles. The molecule has 1 amide bonds. The molecule has 0 aliphatic carbocycles. The fourth-order valence-corrected chi connectivity index (χ4v) is 1.21. The molecular formula is C11H20F3NO3. The normalized spacial score (nSPS) is 16.0. The molecule has 0 saturated carbocycles. The number of alkyl halides is 3. The maximum Gasteiger partial charge on any atom is 0.407 e. The molecule has 18 heavy (non-hydrogen) atoms. The molecule has 0 heterocycles. The van der Waals surface area contributed by atoms with Crippen LogP contribution in [-0.2, 0) is 4.74 Å². The Kier molecular flexibility index (Phi) is 5.92. The van der Waals surface area contributed by atoms with Crippen LogP contribution in [-0.4, -0.2) is 35.6 Å². The van der Waals surface area contributed by atoms with Gasteiger partial charge in [0.25, 0.3) is 0 Å². The fraction of sp³-hybridized carbons (Fsp3) is 0.909. The van der Waals surface area contributed by atoms with Gasteiger partial charge in [0.2, 0.25) is 0 Å². The van der Waals surface area contributed by atoms with Crippen LogP contribution in [0.2, 0.25) is 0 Å². The summed E-state index contributed by atoms with van der Waals surface area (Å²) in [5.41, 5.74) is -0.736. The van der Waals surface area contributed by atoms with Gasteiger partial charge in [-0.1, -0.05) is 6.92 Å². The van der Waals surface area contributed by atoms with Crippen molar-refractivity contribution in [1.82, 2.24) is 5.32 Å². The summed E-state index contributed by atoms with van der Waals surface area (Å²) < 4.78 is 41.9. The molecule has 0 aromatic carbocycles. The molecule has 0 aromatic heterocycles. The Hall–Kier alpha value is -0.980. The Balaban J connectivity index is 4.32. The average Bonchev–Trinajstić information content (AvgIpc) is 2.11. The number of rotatable bonds is 4. The molecule has 2 N–H and O–H groups in total. The van der Waals surface area contributed by atoms with Crippen LogP contribution in [0.4, 0.5) is 18.0 Å². The van der Waals surface area contributed by atoms with Crippen molar-refractivity contribution in [2.75, 3.05) is 6.61 Å². The third kappa shape index (κ3) is 7.37. The summed E-state index contributed by atoms with van der Waals surface area (Å²) in [4.78, 5) is 11.3. The highest BCUT2D eigenvalue weighted by Gasteiger charge is 2.37. The summed E-state index contributed by atoms with van der Waals surface area (Å²) in [6.45, 7) is 5.34. The summed E-state index contributed by atoms with van der Waals surface area (Å²) in [6.07, 6.45) is -5.57. The number of carbonyl (C=O) groups excluding carboxylic acids is 1. The number of nitrogens with one attached hydrogen (secondary N) is 1. The Morgan fingerprint density at radius 1 is 1.33 bits per heavy atom. The molecule has 0 bridgehead atoms. The second-order valence-corrected chi connectivity index (χ2v) is 5.20. The number of amides is 1. The van der Waals surface area contributed by atoms with E-state index in [-0.39, 0.29) is 6.42 Å². The van der Waals surface area contributed by atoms with Crippen molar-refractivity contribution in [2.24, 2.45) is 5.92 Å². The smallest absolute Gasteiger partial charge is 0.407 e. The highest BCUT2D eigenvalue weighted by atomic mass is 19.4. The van der Waals surface area contributed by atoms with Crippen LogP contribution in [0.25, 0.3) is 0 Å². The van der Waals surface area contributed by atoms with Gasteiger partial charge in [0.05, 0.1) is 18.6 Å². The van der Waals surface area contributed by atoms with E-state index in [1.807, 2.05) is 0 Å². The van der Waals surface area contributed by atoms with Gasteiger partial charge in [-0.15, -0.1) is 0 Å². The van der Waals surface area contributed by atoms with Crippen molar-refractivity contribution in [3.8, 4) is 0 Å². The van der Waals surface area contributed by atoms with Gasteiger partial charge in [0, 0.05) is 0 Å². The van der Waals surface area contributed by atoms with E-state index in [0.717, 1.165) is 6.92 Å². The van der Waals surface area contributed by atoms with E-state index < -0.39 is 36.4 Å². The predicted octanol–water partition coefficient (Wildman–Crippen LogP) is 2.46. The number of halogens is 3. The van der Waals surface area contributed by atoms with Crippen molar-refractivity contribution < 1.29 is 27.8 Å².